The van der Waals surface area contributed by atoms with Gasteiger partial charge in [-0.1, -0.05) is 65.3 Å². The Morgan fingerprint density at radius 2 is 1.16 bits per heavy atom. The number of aliphatic carboxylic acids is 2. The normalized spacial score (nSPS) is 8.23. The third-order valence-corrected chi connectivity index (χ3v) is 2.90. The molecule has 0 fully saturated rings. The summed E-state index contributed by atoms with van der Waals surface area (Å²) in [5.74, 6) is -2.59. The zero-order chi connectivity index (χ0) is 25.1. The lowest BCUT2D eigenvalue weighted by Crippen LogP contribution is -2.01. The van der Waals surface area contributed by atoms with E-state index in [1.54, 1.807) is 6.92 Å². The molecule has 2 N–H and O–H groups in total. The van der Waals surface area contributed by atoms with Crippen LogP contribution in [0.2, 0.25) is 0 Å². The molecule has 0 aliphatic carbocycles. The molecule has 8 nitrogen and oxygen atoms in total. The summed E-state index contributed by atoms with van der Waals surface area (Å²) in [6.45, 7) is 19.0. The van der Waals surface area contributed by atoms with E-state index in [9.17, 15) is 19.2 Å². The Morgan fingerprint density at radius 3 is 1.45 bits per heavy atom. The maximum atomic E-state index is 10.6. The molecule has 0 rings (SSSR count). The van der Waals surface area contributed by atoms with Crippen molar-refractivity contribution in [1.29, 1.82) is 0 Å². The zero-order valence-corrected chi connectivity index (χ0v) is 19.1. The van der Waals surface area contributed by atoms with Crippen LogP contribution in [0.3, 0.4) is 0 Å². The molecule has 0 aromatic carbocycles. The van der Waals surface area contributed by atoms with E-state index in [0.717, 1.165) is 25.0 Å². The van der Waals surface area contributed by atoms with Crippen molar-refractivity contribution in [3.05, 3.63) is 50.1 Å². The monoisotopic (exact) mass is 442 g/mol. The van der Waals surface area contributed by atoms with E-state index in [-0.39, 0.29) is 17.5 Å². The molecule has 0 radical (unpaired) electrons. The van der Waals surface area contributed by atoms with E-state index in [1.165, 1.54) is 38.7 Å². The second-order valence-corrected chi connectivity index (χ2v) is 5.72. The van der Waals surface area contributed by atoms with Crippen LogP contribution in [0.25, 0.3) is 0 Å². The van der Waals surface area contributed by atoms with Gasteiger partial charge in [-0.25, -0.2) is 19.2 Å². The predicted octanol–water partition coefficient (Wildman–Crippen LogP) is 4.72. The first-order valence-electron chi connectivity index (χ1n) is 9.86. The zero-order valence-electron chi connectivity index (χ0n) is 19.1. The minimum Gasteiger partial charge on any atom is -0.478 e. The summed E-state index contributed by atoms with van der Waals surface area (Å²) < 4.78 is 9.27. The molecule has 0 aliphatic heterocycles. The molecular weight excluding hydrogens is 404 g/mol. The number of carbonyl (C=O) groups excluding carboxylic acids is 2. The molecule has 0 aromatic heterocycles. The molecule has 0 amide bonds. The molecule has 0 atom stereocenters. The first-order valence-corrected chi connectivity index (χ1v) is 9.86. The topological polar surface area (TPSA) is 127 Å². The lowest BCUT2D eigenvalue weighted by atomic mass is 10.1. The van der Waals surface area contributed by atoms with Crippen molar-refractivity contribution in [1.82, 2.24) is 0 Å². The number of hydrogen-bond acceptors (Lipinski definition) is 6. The average Bonchev–Trinajstić information content (AvgIpc) is 2.74. The van der Waals surface area contributed by atoms with Gasteiger partial charge in [0.2, 0.25) is 0 Å². The number of rotatable bonds is 12. The first-order chi connectivity index (χ1) is 14.5. The van der Waals surface area contributed by atoms with Gasteiger partial charge in [-0.05, 0) is 20.3 Å². The van der Waals surface area contributed by atoms with Crippen LogP contribution in [0.4, 0.5) is 0 Å². The molecule has 8 heteroatoms. The summed E-state index contributed by atoms with van der Waals surface area (Å²) in [7, 11) is 0. The maximum Gasteiger partial charge on any atom is 0.330 e. The summed E-state index contributed by atoms with van der Waals surface area (Å²) in [5, 5.41) is 15.5. The highest BCUT2D eigenvalue weighted by molar-refractivity contribution is 5.84. The van der Waals surface area contributed by atoms with Gasteiger partial charge in [-0.15, -0.1) is 0 Å². The summed E-state index contributed by atoms with van der Waals surface area (Å²) in [4.78, 5) is 39.5. The standard InChI is InChI=1S/C11H20O2.C5H8O2.C4H6O2.C3H4O2/c1-3-5-6-7-8-9-10-13-11(12)4-2;1-3-5(6)7-4-2;1-3(2)4(5)6;1-2-3(4)5/h4H,2-3,5-10H2,1H3;3H,1,4H2,2H3;1H2,2H3,(H,5,6);2H,1H2,(H,4,5). The van der Waals surface area contributed by atoms with Crippen molar-refractivity contribution >= 4 is 23.9 Å². The molecule has 0 saturated heterocycles. The van der Waals surface area contributed by atoms with Gasteiger partial charge in [0.1, 0.15) is 0 Å². The van der Waals surface area contributed by atoms with Crippen LogP contribution in [0.15, 0.2) is 50.1 Å². The Kier molecular flexibility index (Phi) is 33.1. The van der Waals surface area contributed by atoms with Gasteiger partial charge in [-0.3, -0.25) is 0 Å². The Morgan fingerprint density at radius 1 is 0.774 bits per heavy atom. The van der Waals surface area contributed by atoms with E-state index >= 15 is 0 Å². The van der Waals surface area contributed by atoms with Crippen LogP contribution in [0, 0.1) is 0 Å². The van der Waals surface area contributed by atoms with Gasteiger partial charge in [0.15, 0.2) is 0 Å². The molecule has 0 aliphatic rings. The van der Waals surface area contributed by atoms with Crippen molar-refractivity contribution in [3.8, 4) is 0 Å². The van der Waals surface area contributed by atoms with Crippen LogP contribution in [0.5, 0.6) is 0 Å². The number of carboxylic acid groups (broad SMARTS) is 2. The molecular formula is C23H38O8. The molecule has 0 spiro atoms. The van der Waals surface area contributed by atoms with Crippen molar-refractivity contribution in [2.45, 2.75) is 59.3 Å². The van der Waals surface area contributed by atoms with Gasteiger partial charge < -0.3 is 19.7 Å². The van der Waals surface area contributed by atoms with E-state index < -0.39 is 11.9 Å². The Balaban J connectivity index is -0.000000172. The second-order valence-electron chi connectivity index (χ2n) is 5.72. The third-order valence-electron chi connectivity index (χ3n) is 2.90. The fraction of sp³-hybridized carbons (Fsp3) is 0.478. The first kappa shape index (κ1) is 35.3. The minimum absolute atomic E-state index is 0.176. The molecule has 0 unspecified atom stereocenters. The van der Waals surface area contributed by atoms with E-state index in [4.69, 9.17) is 14.9 Å². The largest absolute Gasteiger partial charge is 0.478 e. The number of unbranched alkanes of at least 4 members (excludes halogenated alkanes) is 5. The summed E-state index contributed by atoms with van der Waals surface area (Å²) >= 11 is 0. The van der Waals surface area contributed by atoms with Gasteiger partial charge in [-0.2, -0.15) is 0 Å². The fourth-order valence-corrected chi connectivity index (χ4v) is 1.32. The van der Waals surface area contributed by atoms with Gasteiger partial charge in [0.05, 0.1) is 13.2 Å². The van der Waals surface area contributed by atoms with E-state index in [1.807, 2.05) is 0 Å². The molecule has 31 heavy (non-hydrogen) atoms. The summed E-state index contributed by atoms with van der Waals surface area (Å²) in [6.07, 6.45) is 10.4. The number of carboxylic acids is 2. The molecule has 0 bridgehead atoms. The number of esters is 2. The Bertz CT molecular complexity index is 538. The Hall–Kier alpha value is -3.16. The number of hydrogen-bond donors (Lipinski definition) is 2. The fourth-order valence-electron chi connectivity index (χ4n) is 1.32. The van der Waals surface area contributed by atoms with Gasteiger partial charge in [0.25, 0.3) is 0 Å². The number of ether oxygens (including phenoxy) is 2. The van der Waals surface area contributed by atoms with Crippen LogP contribution >= 0.6 is 0 Å². The SMILES string of the molecule is C=C(C)C(=O)O.C=CC(=O)O.C=CC(=O)OCC.C=CC(=O)OCCCCCCCC. The lowest BCUT2D eigenvalue weighted by molar-refractivity contribution is -0.138. The van der Waals surface area contributed by atoms with Crippen molar-refractivity contribution in [2.75, 3.05) is 13.2 Å². The summed E-state index contributed by atoms with van der Waals surface area (Å²) in [5.41, 5.74) is 0.176. The second kappa shape index (κ2) is 29.0. The van der Waals surface area contributed by atoms with Gasteiger partial charge >= 0.3 is 23.9 Å². The molecule has 178 valence electrons. The van der Waals surface area contributed by atoms with Crippen LogP contribution < -0.4 is 0 Å². The maximum absolute atomic E-state index is 10.6. The highest BCUT2D eigenvalue weighted by atomic mass is 16.5. The van der Waals surface area contributed by atoms with Gasteiger partial charge in [0, 0.05) is 23.8 Å². The van der Waals surface area contributed by atoms with Crippen molar-refractivity contribution in [3.63, 3.8) is 0 Å². The highest BCUT2D eigenvalue weighted by Gasteiger charge is 1.94. The number of carbonyl (C=O) groups is 4. The predicted molar refractivity (Wildman–Crippen MR) is 122 cm³/mol. The molecule has 0 saturated carbocycles. The van der Waals surface area contributed by atoms with Crippen molar-refractivity contribution < 1.29 is 38.9 Å². The van der Waals surface area contributed by atoms with E-state index in [0.29, 0.717) is 13.2 Å². The van der Waals surface area contributed by atoms with Crippen molar-refractivity contribution in [2.24, 2.45) is 0 Å². The minimum atomic E-state index is -0.981. The van der Waals surface area contributed by atoms with E-state index in [2.05, 4.69) is 38.0 Å². The molecule has 0 aromatic rings. The molecule has 0 heterocycles. The third kappa shape index (κ3) is 46.7. The average molecular weight is 443 g/mol. The van der Waals surface area contributed by atoms with Crippen LogP contribution in [0.1, 0.15) is 59.3 Å². The highest BCUT2D eigenvalue weighted by Crippen LogP contribution is 2.04. The lowest BCUT2D eigenvalue weighted by Gasteiger charge is -2.01. The summed E-state index contributed by atoms with van der Waals surface area (Å²) in [6, 6.07) is 0. The van der Waals surface area contributed by atoms with Crippen LogP contribution in [-0.2, 0) is 28.7 Å². The smallest absolute Gasteiger partial charge is 0.330 e. The van der Waals surface area contributed by atoms with Crippen LogP contribution in [-0.4, -0.2) is 47.3 Å². The quantitative estimate of drug-likeness (QED) is 0.252. The Labute approximate surface area is 185 Å².